The van der Waals surface area contributed by atoms with Gasteiger partial charge in [0.1, 0.15) is 11.3 Å². The Labute approximate surface area is 74.7 Å². The van der Waals surface area contributed by atoms with Crippen molar-refractivity contribution < 1.29 is 19.4 Å². The highest BCUT2D eigenvalue weighted by molar-refractivity contribution is 6.11. The Balaban J connectivity index is 4.77. The van der Waals surface area contributed by atoms with Crippen LogP contribution in [0.25, 0.3) is 0 Å². The third kappa shape index (κ3) is 3.90. The summed E-state index contributed by atoms with van der Waals surface area (Å²) in [5.41, 5.74) is 4.48. The second-order valence-corrected chi connectivity index (χ2v) is 2.09. The average molecular weight is 186 g/mol. The molecule has 3 N–H and O–H groups in total. The lowest BCUT2D eigenvalue weighted by Gasteiger charge is -1.99. The number of amides is 2. The van der Waals surface area contributed by atoms with Crippen molar-refractivity contribution in [1.82, 2.24) is 0 Å². The molecule has 13 heavy (non-hydrogen) atoms. The van der Waals surface area contributed by atoms with Gasteiger partial charge in [-0.1, -0.05) is 0 Å². The molecule has 0 bridgehead atoms. The minimum atomic E-state index is -0.956. The smallest absolute Gasteiger partial charge is 0.342 e. The van der Waals surface area contributed by atoms with E-state index in [1.807, 2.05) is 0 Å². The number of hydrogen-bond acceptors (Lipinski definition) is 4. The number of methoxy groups -OCH3 is 1. The van der Waals surface area contributed by atoms with E-state index in [9.17, 15) is 9.59 Å². The maximum absolute atomic E-state index is 10.9. The van der Waals surface area contributed by atoms with Crippen molar-refractivity contribution in [3.63, 3.8) is 0 Å². The van der Waals surface area contributed by atoms with Crippen LogP contribution in [0.15, 0.2) is 16.3 Å². The van der Waals surface area contributed by atoms with Crippen LogP contribution in [0, 0.1) is 0 Å². The highest BCUT2D eigenvalue weighted by Crippen LogP contribution is 2.00. The van der Waals surface area contributed by atoms with Crippen molar-refractivity contribution in [1.29, 1.82) is 0 Å². The number of urea groups is 1. The topological polar surface area (TPSA) is 102 Å². The van der Waals surface area contributed by atoms with E-state index in [1.165, 1.54) is 6.92 Å². The van der Waals surface area contributed by atoms with Crippen LogP contribution in [0.3, 0.4) is 0 Å². The summed E-state index contributed by atoms with van der Waals surface area (Å²) in [6.07, 6.45) is 0.851. The molecule has 0 aliphatic heterocycles. The Morgan fingerprint density at radius 3 is 2.38 bits per heavy atom. The summed E-state index contributed by atoms with van der Waals surface area (Å²) in [7, 11) is 1.14. The largest absolute Gasteiger partial charge is 0.512 e. The zero-order chi connectivity index (χ0) is 10.4. The predicted molar refractivity (Wildman–Crippen MR) is 45.4 cm³/mol. The predicted octanol–water partition coefficient (Wildman–Crippen LogP) is 0.141. The van der Waals surface area contributed by atoms with Crippen LogP contribution in [-0.4, -0.2) is 30.4 Å². The molecule has 0 fully saturated rings. The lowest BCUT2D eigenvalue weighted by Crippen LogP contribution is -2.11. The molecule has 0 aromatic heterocycles. The minimum Gasteiger partial charge on any atom is -0.512 e. The molecule has 2 amide bonds. The lowest BCUT2D eigenvalue weighted by atomic mass is 10.2. The number of nitrogens with two attached hydrogens (primary N) is 1. The lowest BCUT2D eigenvalue weighted by molar-refractivity contribution is -0.135. The third-order valence-electron chi connectivity index (χ3n) is 1.12. The quantitative estimate of drug-likeness (QED) is 0.277. The number of carbonyl (C=O) groups is 2. The van der Waals surface area contributed by atoms with Crippen molar-refractivity contribution in [2.75, 3.05) is 7.11 Å². The number of primary amides is 1. The first-order valence-electron chi connectivity index (χ1n) is 3.30. The zero-order valence-corrected chi connectivity index (χ0v) is 7.27. The highest BCUT2D eigenvalue weighted by Gasteiger charge is 2.10. The number of aliphatic imine (C=N–C) groups is 1. The van der Waals surface area contributed by atoms with Gasteiger partial charge in [-0.3, -0.25) is 0 Å². The van der Waals surface area contributed by atoms with Gasteiger partial charge in [0.15, 0.2) is 0 Å². The molecule has 0 radical (unpaired) electrons. The monoisotopic (exact) mass is 186 g/mol. The number of esters is 1. The van der Waals surface area contributed by atoms with Crippen LogP contribution < -0.4 is 5.73 Å². The molecule has 0 aliphatic carbocycles. The van der Waals surface area contributed by atoms with Crippen LogP contribution in [0.2, 0.25) is 0 Å². The molecule has 0 spiro atoms. The molecule has 72 valence electrons. The fourth-order valence-corrected chi connectivity index (χ4v) is 0.532. The van der Waals surface area contributed by atoms with Gasteiger partial charge in [0, 0.05) is 0 Å². The Morgan fingerprint density at radius 1 is 1.54 bits per heavy atom. The SMILES string of the molecule is COC(=O)C(/C=N/C(N)=O)=C(\C)O. The van der Waals surface area contributed by atoms with Gasteiger partial charge in [-0.2, -0.15) is 0 Å². The third-order valence-corrected chi connectivity index (χ3v) is 1.12. The Bertz CT molecular complexity index is 276. The number of nitrogens with zero attached hydrogens (tertiary/aromatic N) is 1. The summed E-state index contributed by atoms with van der Waals surface area (Å²) >= 11 is 0. The first-order valence-corrected chi connectivity index (χ1v) is 3.30. The maximum atomic E-state index is 10.9. The van der Waals surface area contributed by atoms with Crippen molar-refractivity contribution in [2.24, 2.45) is 10.7 Å². The number of aliphatic hydroxyl groups is 1. The second-order valence-electron chi connectivity index (χ2n) is 2.09. The van der Waals surface area contributed by atoms with Crippen LogP contribution in [0.5, 0.6) is 0 Å². The first-order chi connectivity index (χ1) is 5.99. The van der Waals surface area contributed by atoms with E-state index < -0.39 is 12.0 Å². The van der Waals surface area contributed by atoms with Crippen molar-refractivity contribution >= 4 is 18.2 Å². The number of rotatable bonds is 2. The maximum Gasteiger partial charge on any atom is 0.342 e. The van der Waals surface area contributed by atoms with E-state index in [1.54, 1.807) is 0 Å². The number of ether oxygens (including phenoxy) is 1. The Hall–Kier alpha value is -1.85. The van der Waals surface area contributed by atoms with E-state index in [0.717, 1.165) is 13.3 Å². The van der Waals surface area contributed by atoms with Gasteiger partial charge in [-0.25, -0.2) is 14.6 Å². The molecule has 0 aromatic carbocycles. The number of carbonyl (C=O) groups excluding carboxylic acids is 2. The summed E-state index contributed by atoms with van der Waals surface area (Å²) in [4.78, 5) is 24.2. The highest BCUT2D eigenvalue weighted by atomic mass is 16.5. The Morgan fingerprint density at radius 2 is 2.08 bits per heavy atom. The molecule has 0 rings (SSSR count). The second kappa shape index (κ2) is 4.91. The number of hydrogen-bond donors (Lipinski definition) is 2. The molecule has 0 unspecified atom stereocenters. The molecule has 6 nitrogen and oxygen atoms in total. The molecule has 0 saturated carbocycles. The van der Waals surface area contributed by atoms with Gasteiger partial charge in [0.2, 0.25) is 0 Å². The van der Waals surface area contributed by atoms with Crippen LogP contribution >= 0.6 is 0 Å². The number of aliphatic hydroxyl groups excluding tert-OH is 1. The minimum absolute atomic E-state index is 0.207. The van der Waals surface area contributed by atoms with E-state index >= 15 is 0 Å². The van der Waals surface area contributed by atoms with E-state index in [4.69, 9.17) is 5.11 Å². The number of allylic oxidation sites excluding steroid dienone is 1. The molecule has 0 aromatic rings. The van der Waals surface area contributed by atoms with Crippen LogP contribution in [0.4, 0.5) is 4.79 Å². The van der Waals surface area contributed by atoms with Gasteiger partial charge < -0.3 is 15.6 Å². The van der Waals surface area contributed by atoms with Gasteiger partial charge in [0.25, 0.3) is 0 Å². The Kier molecular flexibility index (Phi) is 4.21. The fraction of sp³-hybridized carbons (Fsp3) is 0.286. The molecular weight excluding hydrogens is 176 g/mol. The van der Waals surface area contributed by atoms with Crippen LogP contribution in [0.1, 0.15) is 6.92 Å². The average Bonchev–Trinajstić information content (AvgIpc) is 2.03. The normalized spacial score (nSPS) is 12.5. The molecule has 0 saturated heterocycles. The standard InChI is InChI=1S/C7H10N2O4/c1-4(10)5(6(11)13-2)3-9-7(8)12/h3,10H,1-2H3,(H2,8,12)/b5-4+,9-3+. The molecule has 0 heterocycles. The summed E-state index contributed by atoms with van der Waals surface area (Å²) in [6.45, 7) is 1.26. The summed E-state index contributed by atoms with van der Waals surface area (Å²) in [6, 6.07) is -0.956. The summed E-state index contributed by atoms with van der Waals surface area (Å²) in [5.74, 6) is -1.08. The molecular formula is C7H10N2O4. The van der Waals surface area contributed by atoms with Gasteiger partial charge in [-0.05, 0) is 6.92 Å². The molecule has 0 aliphatic rings. The fourth-order valence-electron chi connectivity index (χ4n) is 0.532. The molecule has 6 heteroatoms. The summed E-state index contributed by atoms with van der Waals surface area (Å²) in [5, 5.41) is 8.96. The summed E-state index contributed by atoms with van der Waals surface area (Å²) < 4.78 is 4.31. The van der Waals surface area contributed by atoms with Crippen molar-refractivity contribution in [3.8, 4) is 0 Å². The van der Waals surface area contributed by atoms with Crippen LogP contribution in [-0.2, 0) is 9.53 Å². The van der Waals surface area contributed by atoms with Crippen molar-refractivity contribution in [2.45, 2.75) is 6.92 Å². The van der Waals surface area contributed by atoms with Gasteiger partial charge in [0.05, 0.1) is 13.3 Å². The van der Waals surface area contributed by atoms with E-state index in [2.05, 4.69) is 15.5 Å². The molecule has 0 atom stereocenters. The van der Waals surface area contributed by atoms with Gasteiger partial charge >= 0.3 is 12.0 Å². The van der Waals surface area contributed by atoms with E-state index in [0.29, 0.717) is 0 Å². The van der Waals surface area contributed by atoms with Crippen molar-refractivity contribution in [3.05, 3.63) is 11.3 Å². The van der Waals surface area contributed by atoms with E-state index in [-0.39, 0.29) is 11.3 Å². The zero-order valence-electron chi connectivity index (χ0n) is 7.27. The van der Waals surface area contributed by atoms with Gasteiger partial charge in [-0.15, -0.1) is 0 Å². The first kappa shape index (κ1) is 11.2.